The van der Waals surface area contributed by atoms with E-state index in [1.54, 1.807) is 6.08 Å². The first kappa shape index (κ1) is 24.0. The van der Waals surface area contributed by atoms with Gasteiger partial charge in [0.2, 0.25) is 11.7 Å². The SMILES string of the molecule is CC/C=C(\C=C/CF)/C=C/C(=O)N[C@@H](CO)c1nc(-c2ccc(C(F)(F)F)cc2)no1. The summed E-state index contributed by atoms with van der Waals surface area (Å²) in [7, 11) is 0. The van der Waals surface area contributed by atoms with Crippen molar-refractivity contribution in [3.05, 3.63) is 71.7 Å². The van der Waals surface area contributed by atoms with Gasteiger partial charge in [-0.1, -0.05) is 42.4 Å². The molecule has 10 heteroatoms. The topological polar surface area (TPSA) is 88.2 Å². The Labute approximate surface area is 176 Å². The van der Waals surface area contributed by atoms with Crippen molar-refractivity contribution in [2.24, 2.45) is 0 Å². The van der Waals surface area contributed by atoms with Gasteiger partial charge in [0.1, 0.15) is 12.7 Å². The Bertz CT molecular complexity index is 948. The molecule has 0 spiro atoms. The maximum Gasteiger partial charge on any atom is 0.416 e. The molecule has 2 aromatic rings. The zero-order chi connectivity index (χ0) is 22.9. The molecule has 1 aromatic carbocycles. The summed E-state index contributed by atoms with van der Waals surface area (Å²) in [5.74, 6) is -0.665. The molecule has 1 amide bonds. The lowest BCUT2D eigenvalue weighted by atomic mass is 10.1. The number of nitrogens with one attached hydrogen (secondary N) is 1. The molecule has 0 aliphatic heterocycles. The number of amides is 1. The highest BCUT2D eigenvalue weighted by Gasteiger charge is 2.30. The predicted octanol–water partition coefficient (Wildman–Crippen LogP) is 4.32. The zero-order valence-corrected chi connectivity index (χ0v) is 16.6. The van der Waals surface area contributed by atoms with Crippen LogP contribution in [0.4, 0.5) is 17.6 Å². The number of carbonyl (C=O) groups excluding carboxylic acids is 1. The summed E-state index contributed by atoms with van der Waals surface area (Å²) in [5, 5.41) is 15.7. The molecule has 0 aliphatic rings. The number of hydrogen-bond donors (Lipinski definition) is 2. The Morgan fingerprint density at radius 1 is 1.23 bits per heavy atom. The second kappa shape index (κ2) is 11.2. The fourth-order valence-corrected chi connectivity index (χ4v) is 2.49. The minimum Gasteiger partial charge on any atom is -0.394 e. The molecule has 0 bridgehead atoms. The van der Waals surface area contributed by atoms with Crippen molar-refractivity contribution in [2.75, 3.05) is 13.3 Å². The summed E-state index contributed by atoms with van der Waals surface area (Å²) in [6.45, 7) is 0.711. The number of alkyl halides is 4. The van der Waals surface area contributed by atoms with E-state index < -0.39 is 37.0 Å². The van der Waals surface area contributed by atoms with Crippen LogP contribution in [0.15, 0.2) is 64.7 Å². The van der Waals surface area contributed by atoms with Crippen molar-refractivity contribution in [3.8, 4) is 11.4 Å². The number of benzene rings is 1. The summed E-state index contributed by atoms with van der Waals surface area (Å²) in [4.78, 5) is 16.2. The van der Waals surface area contributed by atoms with E-state index in [0.717, 1.165) is 12.1 Å². The molecular formula is C21H21F4N3O3. The first-order chi connectivity index (χ1) is 14.8. The fourth-order valence-electron chi connectivity index (χ4n) is 2.49. The number of halogens is 4. The van der Waals surface area contributed by atoms with Crippen LogP contribution in [0.5, 0.6) is 0 Å². The number of rotatable bonds is 9. The highest BCUT2D eigenvalue weighted by atomic mass is 19.4. The molecular weight excluding hydrogens is 418 g/mol. The molecule has 1 aromatic heterocycles. The molecule has 0 saturated heterocycles. The molecule has 0 unspecified atom stereocenters. The number of aromatic nitrogens is 2. The van der Waals surface area contributed by atoms with E-state index in [1.807, 2.05) is 6.92 Å². The highest BCUT2D eigenvalue weighted by molar-refractivity contribution is 5.88. The Morgan fingerprint density at radius 2 is 1.94 bits per heavy atom. The van der Waals surface area contributed by atoms with E-state index >= 15 is 0 Å². The van der Waals surface area contributed by atoms with E-state index in [-0.39, 0.29) is 17.3 Å². The van der Waals surface area contributed by atoms with Gasteiger partial charge in [0.05, 0.1) is 12.2 Å². The van der Waals surface area contributed by atoms with E-state index in [1.165, 1.54) is 36.4 Å². The van der Waals surface area contributed by atoms with Crippen LogP contribution >= 0.6 is 0 Å². The number of hydrogen-bond acceptors (Lipinski definition) is 5. The van der Waals surface area contributed by atoms with E-state index in [2.05, 4.69) is 15.5 Å². The number of aliphatic hydroxyl groups excluding tert-OH is 1. The zero-order valence-electron chi connectivity index (χ0n) is 16.6. The van der Waals surface area contributed by atoms with Crippen LogP contribution < -0.4 is 5.32 Å². The second-order valence-electron chi connectivity index (χ2n) is 6.28. The fraction of sp³-hybridized carbons (Fsp3) is 0.286. The summed E-state index contributed by atoms with van der Waals surface area (Å²) in [6, 6.07) is 3.15. The lowest BCUT2D eigenvalue weighted by Crippen LogP contribution is -2.29. The lowest BCUT2D eigenvalue weighted by Gasteiger charge is -2.10. The molecule has 6 nitrogen and oxygen atoms in total. The number of allylic oxidation sites excluding steroid dienone is 5. The number of nitrogens with zero attached hydrogens (tertiary/aromatic N) is 2. The van der Waals surface area contributed by atoms with Gasteiger partial charge < -0.3 is 14.9 Å². The van der Waals surface area contributed by atoms with Gasteiger partial charge in [-0.3, -0.25) is 4.79 Å². The third-order valence-corrected chi connectivity index (χ3v) is 3.98. The van der Waals surface area contributed by atoms with Gasteiger partial charge in [-0.2, -0.15) is 18.2 Å². The smallest absolute Gasteiger partial charge is 0.394 e. The van der Waals surface area contributed by atoms with Gasteiger partial charge in [0.25, 0.3) is 5.89 Å². The van der Waals surface area contributed by atoms with E-state index in [0.29, 0.717) is 12.0 Å². The van der Waals surface area contributed by atoms with Crippen molar-refractivity contribution < 1.29 is 32.0 Å². The van der Waals surface area contributed by atoms with Gasteiger partial charge in [0.15, 0.2) is 0 Å². The molecule has 1 heterocycles. The first-order valence-corrected chi connectivity index (χ1v) is 9.31. The largest absolute Gasteiger partial charge is 0.416 e. The van der Waals surface area contributed by atoms with Crippen LogP contribution in [0.3, 0.4) is 0 Å². The van der Waals surface area contributed by atoms with Crippen LogP contribution in [0, 0.1) is 0 Å². The molecule has 2 rings (SSSR count). The van der Waals surface area contributed by atoms with Crippen LogP contribution in [0.2, 0.25) is 0 Å². The minimum absolute atomic E-state index is 0.0106. The molecule has 1 atom stereocenters. The summed E-state index contributed by atoms with van der Waals surface area (Å²) < 4.78 is 55.3. The Balaban J connectivity index is 2.09. The van der Waals surface area contributed by atoms with Gasteiger partial charge in [-0.25, -0.2) is 4.39 Å². The second-order valence-corrected chi connectivity index (χ2v) is 6.28. The van der Waals surface area contributed by atoms with Crippen LogP contribution in [-0.2, 0) is 11.0 Å². The van der Waals surface area contributed by atoms with E-state index in [9.17, 15) is 27.5 Å². The van der Waals surface area contributed by atoms with Crippen LogP contribution in [0.25, 0.3) is 11.4 Å². The molecule has 2 N–H and O–H groups in total. The molecule has 31 heavy (non-hydrogen) atoms. The number of aliphatic hydroxyl groups is 1. The lowest BCUT2D eigenvalue weighted by molar-refractivity contribution is -0.137. The van der Waals surface area contributed by atoms with Gasteiger partial charge in [0, 0.05) is 11.6 Å². The average molecular weight is 439 g/mol. The van der Waals surface area contributed by atoms with Crippen molar-refractivity contribution >= 4 is 5.91 Å². The quantitative estimate of drug-likeness (QED) is 0.345. The normalized spacial score (nSPS) is 13.8. The Hall–Kier alpha value is -3.27. The van der Waals surface area contributed by atoms with Crippen LogP contribution in [0.1, 0.15) is 30.8 Å². The molecule has 166 valence electrons. The third-order valence-electron chi connectivity index (χ3n) is 3.98. The van der Waals surface area contributed by atoms with Crippen LogP contribution in [-0.4, -0.2) is 34.4 Å². The predicted molar refractivity (Wildman–Crippen MR) is 105 cm³/mol. The summed E-state index contributed by atoms with van der Waals surface area (Å²) >= 11 is 0. The average Bonchev–Trinajstić information content (AvgIpc) is 3.23. The first-order valence-electron chi connectivity index (χ1n) is 9.31. The van der Waals surface area contributed by atoms with Gasteiger partial charge in [-0.15, -0.1) is 0 Å². The maximum atomic E-state index is 12.7. The molecule has 0 fully saturated rings. The maximum absolute atomic E-state index is 12.7. The van der Waals surface area contributed by atoms with Crippen molar-refractivity contribution in [1.82, 2.24) is 15.5 Å². The van der Waals surface area contributed by atoms with Gasteiger partial charge in [-0.05, 0) is 30.2 Å². The monoisotopic (exact) mass is 439 g/mol. The minimum atomic E-state index is -4.46. The number of carbonyl (C=O) groups is 1. The molecule has 0 aliphatic carbocycles. The summed E-state index contributed by atoms with van der Waals surface area (Å²) in [5.41, 5.74) is 0.100. The van der Waals surface area contributed by atoms with Crippen molar-refractivity contribution in [1.29, 1.82) is 0 Å². The van der Waals surface area contributed by atoms with Crippen molar-refractivity contribution in [2.45, 2.75) is 25.6 Å². The third kappa shape index (κ3) is 7.18. The van der Waals surface area contributed by atoms with Crippen molar-refractivity contribution in [3.63, 3.8) is 0 Å². The van der Waals surface area contributed by atoms with E-state index in [4.69, 9.17) is 4.52 Å². The molecule has 0 radical (unpaired) electrons. The standard InChI is InChI=1S/C21H21F4N3O3/c1-2-4-14(5-3-12-22)6-11-18(30)26-17(13-29)20-27-19(28-31-20)15-7-9-16(10-8-15)21(23,24)25/h3-11,17,29H,2,12-13H2,1H3,(H,26,30)/b5-3-,11-6+,14-4+/t17-/m0/s1. The highest BCUT2D eigenvalue weighted by Crippen LogP contribution is 2.30. The Kier molecular flexibility index (Phi) is 8.68. The Morgan fingerprint density at radius 3 is 2.52 bits per heavy atom. The van der Waals surface area contributed by atoms with Gasteiger partial charge >= 0.3 is 6.18 Å². The molecule has 0 saturated carbocycles. The summed E-state index contributed by atoms with van der Waals surface area (Å²) in [6.07, 6.45) is 3.56.